The van der Waals surface area contributed by atoms with Crippen LogP contribution < -0.4 is 10.6 Å². The van der Waals surface area contributed by atoms with Gasteiger partial charge in [-0.2, -0.15) is 5.26 Å². The summed E-state index contributed by atoms with van der Waals surface area (Å²) in [4.78, 5) is 12.8. The summed E-state index contributed by atoms with van der Waals surface area (Å²) in [6, 6.07) is 7.73. The van der Waals surface area contributed by atoms with Crippen LogP contribution in [0.15, 0.2) is 18.2 Å². The second-order valence-corrected chi connectivity index (χ2v) is 5.59. The van der Waals surface area contributed by atoms with E-state index in [2.05, 4.69) is 4.90 Å². The number of nitrogens with two attached hydrogens (primary N) is 1. The number of nitro benzene ring substituents is 1. The predicted molar refractivity (Wildman–Crippen MR) is 74.3 cm³/mol. The van der Waals surface area contributed by atoms with Crippen LogP contribution in [-0.4, -0.2) is 23.0 Å². The van der Waals surface area contributed by atoms with Gasteiger partial charge >= 0.3 is 0 Å². The molecule has 2 atom stereocenters. The number of piperidine rings is 1. The standard InChI is InChI=1S/C14H16N4O2/c15-8-9-1-2-13(7-14(9)18(19)20)17-11-3-4-12(17)6-10(16)5-11/h1-2,7,10-12H,3-6,16H2. The van der Waals surface area contributed by atoms with Crippen LogP contribution in [-0.2, 0) is 0 Å². The number of fused-ring (bicyclic) bond motifs is 2. The molecular weight excluding hydrogens is 256 g/mol. The minimum atomic E-state index is -0.486. The Hall–Kier alpha value is -2.13. The fourth-order valence-electron chi connectivity index (χ4n) is 3.57. The molecule has 2 saturated heterocycles. The molecule has 2 N–H and O–H groups in total. The first-order valence-electron chi connectivity index (χ1n) is 6.82. The topological polar surface area (TPSA) is 96.2 Å². The van der Waals surface area contributed by atoms with Gasteiger partial charge in [0.15, 0.2) is 0 Å². The Bertz CT molecular complexity index is 581. The van der Waals surface area contributed by atoms with Crippen molar-refractivity contribution in [3.05, 3.63) is 33.9 Å². The van der Waals surface area contributed by atoms with E-state index in [-0.39, 0.29) is 17.3 Å². The molecule has 3 rings (SSSR count). The van der Waals surface area contributed by atoms with Crippen LogP contribution in [0, 0.1) is 21.4 Å². The number of rotatable bonds is 2. The molecule has 0 spiro atoms. The second kappa shape index (κ2) is 4.76. The van der Waals surface area contributed by atoms with Crippen molar-refractivity contribution in [1.29, 1.82) is 5.26 Å². The van der Waals surface area contributed by atoms with Crippen molar-refractivity contribution in [3.63, 3.8) is 0 Å². The van der Waals surface area contributed by atoms with Crippen molar-refractivity contribution in [3.8, 4) is 6.07 Å². The van der Waals surface area contributed by atoms with Gasteiger partial charge in [0.25, 0.3) is 5.69 Å². The lowest BCUT2D eigenvalue weighted by atomic mass is 9.97. The molecule has 20 heavy (non-hydrogen) atoms. The minimum Gasteiger partial charge on any atom is -0.365 e. The van der Waals surface area contributed by atoms with Gasteiger partial charge in [-0.25, -0.2) is 0 Å². The van der Waals surface area contributed by atoms with Gasteiger partial charge in [-0.15, -0.1) is 0 Å². The number of benzene rings is 1. The summed E-state index contributed by atoms with van der Waals surface area (Å²) in [5.41, 5.74) is 6.88. The lowest BCUT2D eigenvalue weighted by Gasteiger charge is -2.39. The Kier molecular flexibility index (Phi) is 3.07. The quantitative estimate of drug-likeness (QED) is 0.655. The van der Waals surface area contributed by atoms with Crippen LogP contribution in [0.5, 0.6) is 0 Å². The molecule has 2 aliphatic heterocycles. The second-order valence-electron chi connectivity index (χ2n) is 5.59. The van der Waals surface area contributed by atoms with Gasteiger partial charge in [0.2, 0.25) is 0 Å². The first-order valence-corrected chi connectivity index (χ1v) is 6.82. The Balaban J connectivity index is 1.98. The maximum Gasteiger partial charge on any atom is 0.289 e. The zero-order valence-electron chi connectivity index (χ0n) is 11.0. The van der Waals surface area contributed by atoms with Crippen LogP contribution in [0.1, 0.15) is 31.2 Å². The van der Waals surface area contributed by atoms with E-state index in [1.165, 1.54) is 6.07 Å². The Morgan fingerprint density at radius 3 is 2.55 bits per heavy atom. The number of nitriles is 1. The first-order chi connectivity index (χ1) is 9.60. The molecular formula is C14H16N4O2. The molecule has 1 aromatic carbocycles. The molecule has 6 heteroatoms. The van der Waals surface area contributed by atoms with Crippen molar-refractivity contribution in [2.45, 2.75) is 43.8 Å². The average molecular weight is 272 g/mol. The highest BCUT2D eigenvalue weighted by Crippen LogP contribution is 2.40. The molecule has 2 unspecified atom stereocenters. The maximum absolute atomic E-state index is 11.1. The lowest BCUT2D eigenvalue weighted by molar-refractivity contribution is -0.385. The van der Waals surface area contributed by atoms with Gasteiger partial charge in [0.05, 0.1) is 4.92 Å². The molecule has 104 valence electrons. The van der Waals surface area contributed by atoms with Gasteiger partial charge in [-0.05, 0) is 37.8 Å². The zero-order valence-corrected chi connectivity index (χ0v) is 11.0. The Morgan fingerprint density at radius 2 is 2.00 bits per heavy atom. The van der Waals surface area contributed by atoms with Crippen molar-refractivity contribution in [2.24, 2.45) is 5.73 Å². The highest BCUT2D eigenvalue weighted by Gasteiger charge is 2.40. The first kappa shape index (κ1) is 12.9. The molecule has 2 fully saturated rings. The third kappa shape index (κ3) is 2.00. The highest BCUT2D eigenvalue weighted by atomic mass is 16.6. The third-order valence-electron chi connectivity index (χ3n) is 4.37. The molecule has 6 nitrogen and oxygen atoms in total. The number of anilines is 1. The van der Waals surface area contributed by atoms with E-state index in [1.54, 1.807) is 6.07 Å². The van der Waals surface area contributed by atoms with Crippen LogP contribution in [0.4, 0.5) is 11.4 Å². The number of hydrogen-bond acceptors (Lipinski definition) is 5. The van der Waals surface area contributed by atoms with Crippen molar-refractivity contribution >= 4 is 11.4 Å². The molecule has 0 amide bonds. The zero-order chi connectivity index (χ0) is 14.3. The predicted octanol–water partition coefficient (Wildman–Crippen LogP) is 1.92. The maximum atomic E-state index is 11.1. The SMILES string of the molecule is N#Cc1ccc(N2C3CCC2CC(N)C3)cc1[N+](=O)[O-]. The summed E-state index contributed by atoms with van der Waals surface area (Å²) in [5.74, 6) is 0. The molecule has 0 radical (unpaired) electrons. The normalized spacial score (nSPS) is 28.2. The summed E-state index contributed by atoms with van der Waals surface area (Å²) in [6.07, 6.45) is 4.05. The fourth-order valence-corrected chi connectivity index (χ4v) is 3.57. The van der Waals surface area contributed by atoms with Crippen molar-refractivity contribution in [2.75, 3.05) is 4.90 Å². The third-order valence-corrected chi connectivity index (χ3v) is 4.37. The molecule has 0 saturated carbocycles. The summed E-state index contributed by atoms with van der Waals surface area (Å²) in [5, 5.41) is 20.0. The van der Waals surface area contributed by atoms with E-state index in [4.69, 9.17) is 11.0 Å². The Labute approximate surface area is 116 Å². The van der Waals surface area contributed by atoms with Crippen molar-refractivity contribution < 1.29 is 4.92 Å². The van der Waals surface area contributed by atoms with Crippen molar-refractivity contribution in [1.82, 2.24) is 0 Å². The van der Waals surface area contributed by atoms with Crippen LogP contribution in [0.2, 0.25) is 0 Å². The van der Waals surface area contributed by atoms with Crippen LogP contribution >= 0.6 is 0 Å². The Morgan fingerprint density at radius 1 is 1.35 bits per heavy atom. The smallest absolute Gasteiger partial charge is 0.289 e. The summed E-state index contributed by atoms with van der Waals surface area (Å²) >= 11 is 0. The summed E-state index contributed by atoms with van der Waals surface area (Å²) < 4.78 is 0. The monoisotopic (exact) mass is 272 g/mol. The van der Waals surface area contributed by atoms with E-state index < -0.39 is 4.92 Å². The highest BCUT2D eigenvalue weighted by molar-refractivity contribution is 5.62. The van der Waals surface area contributed by atoms with Gasteiger partial charge in [-0.1, -0.05) is 0 Å². The van der Waals surface area contributed by atoms with E-state index in [0.29, 0.717) is 12.1 Å². The van der Waals surface area contributed by atoms with E-state index >= 15 is 0 Å². The summed E-state index contributed by atoms with van der Waals surface area (Å²) in [6.45, 7) is 0. The number of nitrogens with zero attached hydrogens (tertiary/aromatic N) is 3. The lowest BCUT2D eigenvalue weighted by Crippen LogP contribution is -2.47. The van der Waals surface area contributed by atoms with E-state index in [9.17, 15) is 10.1 Å². The average Bonchev–Trinajstić information content (AvgIpc) is 2.70. The molecule has 2 aliphatic rings. The largest absolute Gasteiger partial charge is 0.365 e. The van der Waals surface area contributed by atoms with Gasteiger partial charge in [-0.3, -0.25) is 10.1 Å². The minimum absolute atomic E-state index is 0.111. The van der Waals surface area contributed by atoms with Gasteiger partial charge in [0.1, 0.15) is 11.6 Å². The molecule has 0 aromatic heterocycles. The summed E-state index contributed by atoms with van der Waals surface area (Å²) in [7, 11) is 0. The van der Waals surface area contributed by atoms with Gasteiger partial charge in [0, 0.05) is 29.9 Å². The molecule has 2 heterocycles. The van der Waals surface area contributed by atoms with Crippen LogP contribution in [0.3, 0.4) is 0 Å². The molecule has 0 aliphatic carbocycles. The molecule has 1 aromatic rings. The van der Waals surface area contributed by atoms with Gasteiger partial charge < -0.3 is 10.6 Å². The van der Waals surface area contributed by atoms with E-state index in [1.807, 2.05) is 12.1 Å². The number of hydrogen-bond donors (Lipinski definition) is 1. The molecule has 2 bridgehead atoms. The number of nitro groups is 1. The van der Waals surface area contributed by atoms with E-state index in [0.717, 1.165) is 31.4 Å². The van der Waals surface area contributed by atoms with Crippen LogP contribution in [0.25, 0.3) is 0 Å². The fraction of sp³-hybridized carbons (Fsp3) is 0.500.